The van der Waals surface area contributed by atoms with Gasteiger partial charge in [-0.15, -0.1) is 11.3 Å². The molecule has 0 aliphatic heterocycles. The lowest BCUT2D eigenvalue weighted by Crippen LogP contribution is -2.16. The highest BCUT2D eigenvalue weighted by atomic mass is 32.1. The number of fused-ring (bicyclic) bond motifs is 1. The Morgan fingerprint density at radius 1 is 1.21 bits per heavy atom. The third-order valence-electron chi connectivity index (χ3n) is 3.16. The van der Waals surface area contributed by atoms with Crippen molar-refractivity contribution in [2.24, 2.45) is 0 Å². The van der Waals surface area contributed by atoms with Gasteiger partial charge >= 0.3 is 0 Å². The van der Waals surface area contributed by atoms with E-state index < -0.39 is 0 Å². The minimum Gasteiger partial charge on any atom is -0.397 e. The van der Waals surface area contributed by atoms with Gasteiger partial charge in [0.25, 0.3) is 0 Å². The fourth-order valence-electron chi connectivity index (χ4n) is 2.23. The fourth-order valence-corrected chi connectivity index (χ4v) is 2.99. The van der Waals surface area contributed by atoms with Gasteiger partial charge < -0.3 is 10.6 Å². The van der Waals surface area contributed by atoms with Crippen molar-refractivity contribution in [3.8, 4) is 0 Å². The maximum absolute atomic E-state index is 5.98. The first kappa shape index (κ1) is 12.0. The number of hydrogen-bond acceptors (Lipinski definition) is 4. The highest BCUT2D eigenvalue weighted by molar-refractivity contribution is 7.09. The van der Waals surface area contributed by atoms with Crippen LogP contribution in [0.2, 0.25) is 0 Å². The molecule has 19 heavy (non-hydrogen) atoms. The summed E-state index contributed by atoms with van der Waals surface area (Å²) >= 11 is 1.77. The Hall–Kier alpha value is -2.07. The second kappa shape index (κ2) is 4.90. The second-order valence-corrected chi connectivity index (χ2v) is 5.54. The van der Waals surface area contributed by atoms with E-state index in [1.54, 1.807) is 17.5 Å². The van der Waals surface area contributed by atoms with Crippen LogP contribution in [0.3, 0.4) is 0 Å². The molecule has 3 nitrogen and oxygen atoms in total. The molecular formula is C15H15N3S. The molecule has 2 heterocycles. The fraction of sp³-hybridized carbons (Fsp3) is 0.133. The maximum atomic E-state index is 5.98. The minimum atomic E-state index is 0.726. The van der Waals surface area contributed by atoms with Crippen LogP contribution >= 0.6 is 11.3 Å². The van der Waals surface area contributed by atoms with Gasteiger partial charge in [0.1, 0.15) is 0 Å². The van der Waals surface area contributed by atoms with Crippen LogP contribution < -0.4 is 10.6 Å². The van der Waals surface area contributed by atoms with E-state index in [0.29, 0.717) is 0 Å². The summed E-state index contributed by atoms with van der Waals surface area (Å²) in [5, 5.41) is 3.20. The SMILES string of the molecule is CN(Cc1cccs1)c1ccc(N)c2ncccc12. The molecule has 96 valence electrons. The number of anilines is 2. The number of nitrogens with two attached hydrogens (primary N) is 1. The molecule has 0 unspecified atom stereocenters. The average molecular weight is 269 g/mol. The summed E-state index contributed by atoms with van der Waals surface area (Å²) < 4.78 is 0. The van der Waals surface area contributed by atoms with Crippen LogP contribution in [-0.2, 0) is 6.54 Å². The molecule has 0 atom stereocenters. The van der Waals surface area contributed by atoms with Crippen molar-refractivity contribution in [2.75, 3.05) is 17.7 Å². The van der Waals surface area contributed by atoms with Crippen LogP contribution in [0.5, 0.6) is 0 Å². The monoisotopic (exact) mass is 269 g/mol. The van der Waals surface area contributed by atoms with Crippen molar-refractivity contribution in [1.29, 1.82) is 0 Å². The Balaban J connectivity index is 2.03. The Kier molecular flexibility index (Phi) is 3.09. The molecule has 1 aromatic carbocycles. The molecule has 0 saturated heterocycles. The van der Waals surface area contributed by atoms with Crippen molar-refractivity contribution in [3.05, 3.63) is 52.9 Å². The largest absolute Gasteiger partial charge is 0.397 e. The smallest absolute Gasteiger partial charge is 0.0951 e. The van der Waals surface area contributed by atoms with Crippen molar-refractivity contribution in [1.82, 2.24) is 4.98 Å². The van der Waals surface area contributed by atoms with Crippen molar-refractivity contribution < 1.29 is 0 Å². The quantitative estimate of drug-likeness (QED) is 0.740. The molecule has 2 aromatic heterocycles. The van der Waals surface area contributed by atoms with E-state index in [1.807, 2.05) is 12.1 Å². The summed E-state index contributed by atoms with van der Waals surface area (Å²) in [5.41, 5.74) is 8.74. The first-order valence-corrected chi connectivity index (χ1v) is 7.00. The van der Waals surface area contributed by atoms with Gasteiger partial charge in [0.2, 0.25) is 0 Å². The Bertz CT molecular complexity index is 692. The van der Waals surface area contributed by atoms with E-state index in [1.165, 1.54) is 4.88 Å². The average Bonchev–Trinajstić information content (AvgIpc) is 2.92. The molecule has 3 rings (SSSR count). The molecule has 0 amide bonds. The van der Waals surface area contributed by atoms with Crippen LogP contribution in [0.15, 0.2) is 48.0 Å². The van der Waals surface area contributed by atoms with Crippen LogP contribution in [0, 0.1) is 0 Å². The van der Waals surface area contributed by atoms with Gasteiger partial charge in [-0.3, -0.25) is 4.98 Å². The maximum Gasteiger partial charge on any atom is 0.0951 e. The van der Waals surface area contributed by atoms with Gasteiger partial charge in [0, 0.05) is 29.2 Å². The van der Waals surface area contributed by atoms with Gasteiger partial charge in [-0.05, 0) is 35.7 Å². The molecule has 0 aliphatic carbocycles. The van der Waals surface area contributed by atoms with E-state index >= 15 is 0 Å². The zero-order valence-electron chi connectivity index (χ0n) is 10.7. The third kappa shape index (κ3) is 2.27. The van der Waals surface area contributed by atoms with E-state index in [0.717, 1.165) is 28.8 Å². The molecule has 0 fully saturated rings. The van der Waals surface area contributed by atoms with Crippen molar-refractivity contribution >= 4 is 33.6 Å². The van der Waals surface area contributed by atoms with Gasteiger partial charge in [-0.1, -0.05) is 6.07 Å². The molecule has 3 aromatic rings. The Morgan fingerprint density at radius 2 is 2.11 bits per heavy atom. The van der Waals surface area contributed by atoms with Crippen molar-refractivity contribution in [3.63, 3.8) is 0 Å². The lowest BCUT2D eigenvalue weighted by Gasteiger charge is -2.20. The second-order valence-electron chi connectivity index (χ2n) is 4.51. The summed E-state index contributed by atoms with van der Waals surface area (Å²) in [4.78, 5) is 7.95. The normalized spacial score (nSPS) is 10.8. The topological polar surface area (TPSA) is 42.1 Å². The van der Waals surface area contributed by atoms with Gasteiger partial charge in [-0.25, -0.2) is 0 Å². The number of thiophene rings is 1. The van der Waals surface area contributed by atoms with E-state index in [9.17, 15) is 0 Å². The highest BCUT2D eigenvalue weighted by Crippen LogP contribution is 2.29. The predicted molar refractivity (Wildman–Crippen MR) is 82.6 cm³/mol. The lowest BCUT2D eigenvalue weighted by molar-refractivity contribution is 0.946. The number of rotatable bonds is 3. The molecule has 0 aliphatic rings. The van der Waals surface area contributed by atoms with E-state index in [2.05, 4.69) is 46.6 Å². The molecule has 0 radical (unpaired) electrons. The van der Waals surface area contributed by atoms with Crippen LogP contribution in [0.1, 0.15) is 4.88 Å². The highest BCUT2D eigenvalue weighted by Gasteiger charge is 2.09. The summed E-state index contributed by atoms with van der Waals surface area (Å²) in [7, 11) is 2.09. The van der Waals surface area contributed by atoms with E-state index in [-0.39, 0.29) is 0 Å². The minimum absolute atomic E-state index is 0.726. The number of benzene rings is 1. The van der Waals surface area contributed by atoms with Crippen LogP contribution in [-0.4, -0.2) is 12.0 Å². The molecule has 0 spiro atoms. The third-order valence-corrected chi connectivity index (χ3v) is 4.02. The zero-order valence-corrected chi connectivity index (χ0v) is 11.5. The summed E-state index contributed by atoms with van der Waals surface area (Å²) in [6.07, 6.45) is 1.78. The standard InChI is InChI=1S/C15H15N3S/c1-18(10-11-4-3-9-19-11)14-7-6-13(16)15-12(14)5-2-8-17-15/h2-9H,10,16H2,1H3. The molecular weight excluding hydrogens is 254 g/mol. The van der Waals surface area contributed by atoms with Crippen LogP contribution in [0.25, 0.3) is 10.9 Å². The van der Waals surface area contributed by atoms with Crippen molar-refractivity contribution in [2.45, 2.75) is 6.54 Å². The van der Waals surface area contributed by atoms with Crippen LogP contribution in [0.4, 0.5) is 11.4 Å². The molecule has 0 saturated carbocycles. The predicted octanol–water partition coefficient (Wildman–Crippen LogP) is 3.51. The summed E-state index contributed by atoms with van der Waals surface area (Å²) in [6.45, 7) is 0.894. The molecule has 2 N–H and O–H groups in total. The van der Waals surface area contributed by atoms with Gasteiger partial charge in [0.15, 0.2) is 0 Å². The Morgan fingerprint density at radius 3 is 2.89 bits per heavy atom. The molecule has 0 bridgehead atoms. The first-order chi connectivity index (χ1) is 9.25. The number of nitrogens with zero attached hydrogens (tertiary/aromatic N) is 2. The summed E-state index contributed by atoms with van der Waals surface area (Å²) in [6, 6.07) is 12.2. The Labute approximate surface area is 116 Å². The van der Waals surface area contributed by atoms with E-state index in [4.69, 9.17) is 5.73 Å². The number of hydrogen-bond donors (Lipinski definition) is 1. The lowest BCUT2D eigenvalue weighted by atomic mass is 10.1. The first-order valence-electron chi connectivity index (χ1n) is 6.12. The van der Waals surface area contributed by atoms with Gasteiger partial charge in [-0.2, -0.15) is 0 Å². The zero-order chi connectivity index (χ0) is 13.2. The number of nitrogen functional groups attached to an aromatic ring is 1. The number of pyridine rings is 1. The van der Waals surface area contributed by atoms with Gasteiger partial charge in [0.05, 0.1) is 17.7 Å². The number of aromatic nitrogens is 1. The summed E-state index contributed by atoms with van der Waals surface area (Å²) in [5.74, 6) is 0. The molecule has 4 heteroatoms.